The molecule has 1 N–H and O–H groups in total. The lowest BCUT2D eigenvalue weighted by atomic mass is 9.95. The van der Waals surface area contributed by atoms with Gasteiger partial charge >= 0.3 is 0 Å². The fourth-order valence-corrected chi connectivity index (χ4v) is 3.10. The van der Waals surface area contributed by atoms with Crippen LogP contribution in [0.3, 0.4) is 0 Å². The molecule has 3 rings (SSSR count). The molecule has 1 atom stereocenters. The van der Waals surface area contributed by atoms with E-state index >= 15 is 0 Å². The maximum Gasteiger partial charge on any atom is 0.261 e. The predicted octanol–water partition coefficient (Wildman–Crippen LogP) is 3.09. The van der Waals surface area contributed by atoms with Gasteiger partial charge < -0.3 is 10.1 Å². The molecule has 0 saturated heterocycles. The van der Waals surface area contributed by atoms with Crippen molar-refractivity contribution in [2.24, 2.45) is 0 Å². The molecule has 1 saturated carbocycles. The van der Waals surface area contributed by atoms with E-state index in [0.29, 0.717) is 17.5 Å². The van der Waals surface area contributed by atoms with Crippen molar-refractivity contribution >= 4 is 17.5 Å². The number of nitrogens with one attached hydrogen (secondary N) is 1. The van der Waals surface area contributed by atoms with Crippen LogP contribution in [0.15, 0.2) is 18.2 Å². The van der Waals surface area contributed by atoms with Gasteiger partial charge in [0, 0.05) is 17.5 Å². The number of carbonyl (C=O) groups excluding carboxylic acids is 1. The first-order valence-electron chi connectivity index (χ1n) is 6.98. The molecule has 0 aromatic heterocycles. The zero-order valence-corrected chi connectivity index (χ0v) is 11.6. The molecule has 102 valence electrons. The Morgan fingerprint density at radius 1 is 1.26 bits per heavy atom. The smallest absolute Gasteiger partial charge is 0.261 e. The first-order chi connectivity index (χ1) is 9.22. The molecule has 1 amide bonds. The average Bonchev–Trinajstić information content (AvgIpc) is 2.83. The van der Waals surface area contributed by atoms with Crippen LogP contribution in [-0.4, -0.2) is 18.1 Å². The fourth-order valence-electron chi connectivity index (χ4n) is 2.90. The van der Waals surface area contributed by atoms with Crippen molar-refractivity contribution < 1.29 is 9.53 Å². The molecule has 19 heavy (non-hydrogen) atoms. The minimum Gasteiger partial charge on any atom is -0.480 e. The van der Waals surface area contributed by atoms with Crippen LogP contribution in [0.1, 0.15) is 37.7 Å². The highest BCUT2D eigenvalue weighted by molar-refractivity contribution is 6.30. The van der Waals surface area contributed by atoms with Gasteiger partial charge in [-0.25, -0.2) is 0 Å². The van der Waals surface area contributed by atoms with Crippen molar-refractivity contribution in [1.82, 2.24) is 5.32 Å². The number of carbonyl (C=O) groups is 1. The summed E-state index contributed by atoms with van der Waals surface area (Å²) in [5.41, 5.74) is 1.02. The Balaban J connectivity index is 1.60. The van der Waals surface area contributed by atoms with Crippen LogP contribution in [0, 0.1) is 0 Å². The minimum atomic E-state index is -0.393. The number of halogens is 1. The number of amides is 1. The highest BCUT2D eigenvalue weighted by Crippen LogP contribution is 2.31. The van der Waals surface area contributed by atoms with Gasteiger partial charge in [-0.1, -0.05) is 30.9 Å². The van der Waals surface area contributed by atoms with E-state index in [9.17, 15) is 4.79 Å². The lowest BCUT2D eigenvalue weighted by Crippen LogP contribution is -2.44. The van der Waals surface area contributed by atoms with Gasteiger partial charge in [0.2, 0.25) is 0 Å². The molecule has 1 aliphatic carbocycles. The zero-order chi connectivity index (χ0) is 13.2. The van der Waals surface area contributed by atoms with Gasteiger partial charge in [-0.15, -0.1) is 0 Å². The van der Waals surface area contributed by atoms with E-state index < -0.39 is 6.10 Å². The third kappa shape index (κ3) is 2.86. The highest BCUT2D eigenvalue weighted by Gasteiger charge is 2.30. The lowest BCUT2D eigenvalue weighted by molar-refractivity contribution is -0.128. The van der Waals surface area contributed by atoms with Gasteiger partial charge in [0.15, 0.2) is 6.10 Å². The van der Waals surface area contributed by atoms with Crippen LogP contribution in [-0.2, 0) is 11.2 Å². The van der Waals surface area contributed by atoms with E-state index in [1.165, 1.54) is 19.3 Å². The van der Waals surface area contributed by atoms with E-state index in [4.69, 9.17) is 16.3 Å². The number of hydrogen-bond acceptors (Lipinski definition) is 2. The molecule has 1 heterocycles. The summed E-state index contributed by atoms with van der Waals surface area (Å²) in [5.74, 6) is 0.799. The molecule has 0 bridgehead atoms. The second-order valence-electron chi connectivity index (χ2n) is 5.41. The Morgan fingerprint density at radius 3 is 2.84 bits per heavy atom. The molecule has 1 unspecified atom stereocenters. The number of rotatable bonds is 2. The van der Waals surface area contributed by atoms with E-state index in [2.05, 4.69) is 5.32 Å². The standard InChI is InChI=1S/C15H18ClNO2/c16-11-6-7-13-10(8-11)9-14(19-13)15(18)17-12-4-2-1-3-5-12/h6-8,12,14H,1-5,9H2,(H,17,18). The van der Waals surface area contributed by atoms with E-state index in [0.717, 1.165) is 24.2 Å². The molecule has 1 aromatic rings. The Hall–Kier alpha value is -1.22. The molecule has 3 nitrogen and oxygen atoms in total. The number of fused-ring (bicyclic) bond motifs is 1. The van der Waals surface area contributed by atoms with E-state index in [-0.39, 0.29) is 5.91 Å². The summed E-state index contributed by atoms with van der Waals surface area (Å²) >= 11 is 5.95. The van der Waals surface area contributed by atoms with Crippen LogP contribution in [0.4, 0.5) is 0 Å². The summed E-state index contributed by atoms with van der Waals surface area (Å²) in [6, 6.07) is 5.84. The normalized spacial score (nSPS) is 22.7. The van der Waals surface area contributed by atoms with Crippen molar-refractivity contribution in [2.75, 3.05) is 0 Å². The molecule has 1 aliphatic heterocycles. The fraction of sp³-hybridized carbons (Fsp3) is 0.533. The van der Waals surface area contributed by atoms with Gasteiger partial charge in [0.25, 0.3) is 5.91 Å². The van der Waals surface area contributed by atoms with Crippen molar-refractivity contribution in [3.8, 4) is 5.75 Å². The molecule has 2 aliphatic rings. The molecular formula is C15H18ClNO2. The van der Waals surface area contributed by atoms with Gasteiger partial charge in [0.05, 0.1) is 0 Å². The van der Waals surface area contributed by atoms with E-state index in [1.807, 2.05) is 12.1 Å². The topological polar surface area (TPSA) is 38.3 Å². The van der Waals surface area contributed by atoms with Crippen molar-refractivity contribution in [1.29, 1.82) is 0 Å². The van der Waals surface area contributed by atoms with Crippen molar-refractivity contribution in [3.63, 3.8) is 0 Å². The quantitative estimate of drug-likeness (QED) is 0.903. The van der Waals surface area contributed by atoms with Crippen molar-refractivity contribution in [2.45, 2.75) is 50.7 Å². The summed E-state index contributed by atoms with van der Waals surface area (Å²) in [7, 11) is 0. The van der Waals surface area contributed by atoms with Crippen LogP contribution in [0.2, 0.25) is 5.02 Å². The van der Waals surface area contributed by atoms with Gasteiger partial charge in [-0.05, 0) is 36.6 Å². The predicted molar refractivity (Wildman–Crippen MR) is 74.6 cm³/mol. The molecule has 4 heteroatoms. The van der Waals surface area contributed by atoms with Gasteiger partial charge in [0.1, 0.15) is 5.75 Å². The number of ether oxygens (including phenoxy) is 1. The SMILES string of the molecule is O=C(NC1CCCCC1)C1Cc2cc(Cl)ccc2O1. The second kappa shape index (κ2) is 5.41. The Morgan fingerprint density at radius 2 is 2.05 bits per heavy atom. The summed E-state index contributed by atoms with van der Waals surface area (Å²) in [5, 5.41) is 3.80. The maximum atomic E-state index is 12.2. The van der Waals surface area contributed by atoms with Crippen LogP contribution in [0.5, 0.6) is 5.75 Å². The first kappa shape index (κ1) is 12.8. The average molecular weight is 280 g/mol. The molecule has 0 spiro atoms. The molecule has 1 aromatic carbocycles. The molecule has 1 fully saturated rings. The highest BCUT2D eigenvalue weighted by atomic mass is 35.5. The summed E-state index contributed by atoms with van der Waals surface area (Å²) in [6.07, 6.45) is 6.13. The zero-order valence-electron chi connectivity index (χ0n) is 10.8. The van der Waals surface area contributed by atoms with Crippen LogP contribution < -0.4 is 10.1 Å². The largest absolute Gasteiger partial charge is 0.480 e. The number of hydrogen-bond donors (Lipinski definition) is 1. The number of benzene rings is 1. The summed E-state index contributed by atoms with van der Waals surface area (Å²) in [4.78, 5) is 12.2. The van der Waals surface area contributed by atoms with Gasteiger partial charge in [-0.2, -0.15) is 0 Å². The lowest BCUT2D eigenvalue weighted by Gasteiger charge is -2.24. The monoisotopic (exact) mass is 279 g/mol. The third-order valence-corrected chi connectivity index (χ3v) is 4.18. The van der Waals surface area contributed by atoms with Gasteiger partial charge in [-0.3, -0.25) is 4.79 Å². The second-order valence-corrected chi connectivity index (χ2v) is 5.84. The van der Waals surface area contributed by atoms with Crippen LogP contribution in [0.25, 0.3) is 0 Å². The third-order valence-electron chi connectivity index (χ3n) is 3.94. The minimum absolute atomic E-state index is 0.0132. The Labute approximate surface area is 118 Å². The maximum absolute atomic E-state index is 12.2. The van der Waals surface area contributed by atoms with Crippen molar-refractivity contribution in [3.05, 3.63) is 28.8 Å². The molecular weight excluding hydrogens is 262 g/mol. The Kier molecular flexibility index (Phi) is 3.65. The van der Waals surface area contributed by atoms with Crippen LogP contribution >= 0.6 is 11.6 Å². The summed E-state index contributed by atoms with van der Waals surface area (Å²) < 4.78 is 5.69. The van der Waals surface area contributed by atoms with E-state index in [1.54, 1.807) is 6.07 Å². The Bertz CT molecular complexity index is 483. The first-order valence-corrected chi connectivity index (χ1v) is 7.35. The summed E-state index contributed by atoms with van der Waals surface area (Å²) in [6.45, 7) is 0. The molecule has 0 radical (unpaired) electrons.